The van der Waals surface area contributed by atoms with Crippen molar-refractivity contribution in [3.8, 4) is 0 Å². The van der Waals surface area contributed by atoms with Crippen LogP contribution in [0.1, 0.15) is 12.0 Å². The van der Waals surface area contributed by atoms with Gasteiger partial charge in [-0.15, -0.1) is 0 Å². The van der Waals surface area contributed by atoms with Gasteiger partial charge in [-0.2, -0.15) is 0 Å². The molecule has 18 heavy (non-hydrogen) atoms. The number of amides is 1. The highest BCUT2D eigenvalue weighted by atomic mass is 79.9. The minimum Gasteiger partial charge on any atom is -0.295 e. The van der Waals surface area contributed by atoms with Gasteiger partial charge in [0.15, 0.2) is 0 Å². The van der Waals surface area contributed by atoms with E-state index in [4.69, 9.17) is 10.7 Å². The number of aryl methyl sites for hydroxylation is 1. The van der Waals surface area contributed by atoms with Gasteiger partial charge in [0.25, 0.3) is 0 Å². The molecule has 0 aliphatic carbocycles. The zero-order valence-corrected chi connectivity index (χ0v) is 12.6. The topological polar surface area (TPSA) is 67.3 Å². The molecule has 0 saturated carbocycles. The first-order valence-electron chi connectivity index (χ1n) is 5.15. The van der Waals surface area contributed by atoms with Crippen molar-refractivity contribution in [1.82, 2.24) is 4.98 Å². The third kappa shape index (κ3) is 2.84. The number of hydrogen-bond acceptors (Lipinski definition) is 4. The van der Waals surface area contributed by atoms with E-state index in [9.17, 15) is 13.2 Å². The van der Waals surface area contributed by atoms with E-state index >= 15 is 0 Å². The second-order valence-corrected chi connectivity index (χ2v) is 7.85. The van der Waals surface area contributed by atoms with Crippen LogP contribution in [0.3, 0.4) is 0 Å². The molecule has 0 bridgehead atoms. The van der Waals surface area contributed by atoms with Gasteiger partial charge in [-0.1, -0.05) is 0 Å². The van der Waals surface area contributed by atoms with Crippen LogP contribution < -0.4 is 4.90 Å². The summed E-state index contributed by atoms with van der Waals surface area (Å²) in [6.45, 7) is 1.92. The average Bonchev–Trinajstić information content (AvgIpc) is 2.58. The Kier molecular flexibility index (Phi) is 3.66. The molecule has 1 amide bonds. The molecule has 2 heterocycles. The van der Waals surface area contributed by atoms with Gasteiger partial charge in [-0.25, -0.2) is 13.4 Å². The van der Waals surface area contributed by atoms with Gasteiger partial charge in [-0.05, 0) is 40.5 Å². The van der Waals surface area contributed by atoms with Crippen LogP contribution in [0.25, 0.3) is 0 Å². The molecule has 0 spiro atoms. The highest BCUT2D eigenvalue weighted by Crippen LogP contribution is 2.27. The molecule has 1 aliphatic heterocycles. The summed E-state index contributed by atoms with van der Waals surface area (Å²) in [5.41, 5.74) is 0.928. The van der Waals surface area contributed by atoms with Crippen LogP contribution in [0.15, 0.2) is 16.7 Å². The smallest absolute Gasteiger partial charge is 0.237 e. The summed E-state index contributed by atoms with van der Waals surface area (Å²) >= 11 is 3.24. The van der Waals surface area contributed by atoms with Crippen LogP contribution in [-0.2, 0) is 13.8 Å². The second kappa shape index (κ2) is 4.79. The van der Waals surface area contributed by atoms with Crippen molar-refractivity contribution in [2.24, 2.45) is 0 Å². The Labute approximate surface area is 118 Å². The molecule has 0 aromatic carbocycles. The van der Waals surface area contributed by atoms with Gasteiger partial charge >= 0.3 is 0 Å². The molecule has 1 aromatic rings. The quantitative estimate of drug-likeness (QED) is 0.601. The summed E-state index contributed by atoms with van der Waals surface area (Å²) in [5.74, 6) is 0.156. The van der Waals surface area contributed by atoms with Gasteiger partial charge < -0.3 is 0 Å². The van der Waals surface area contributed by atoms with E-state index in [0.717, 1.165) is 5.56 Å². The molecule has 1 unspecified atom stereocenters. The normalized spacial score (nSPS) is 20.5. The van der Waals surface area contributed by atoms with Crippen molar-refractivity contribution in [2.45, 2.75) is 18.6 Å². The fraction of sp³-hybridized carbons (Fsp3) is 0.400. The van der Waals surface area contributed by atoms with Crippen molar-refractivity contribution in [3.05, 3.63) is 22.3 Å². The molecule has 1 fully saturated rings. The maximum absolute atomic E-state index is 11.8. The first-order chi connectivity index (χ1) is 8.27. The maximum Gasteiger partial charge on any atom is 0.237 e. The number of anilines is 1. The van der Waals surface area contributed by atoms with Crippen LogP contribution in [0, 0.1) is 6.92 Å². The Morgan fingerprint density at radius 1 is 1.50 bits per heavy atom. The van der Waals surface area contributed by atoms with Gasteiger partial charge in [-0.3, -0.25) is 9.69 Å². The van der Waals surface area contributed by atoms with Gasteiger partial charge in [0.05, 0.1) is 0 Å². The molecule has 2 rings (SSSR count). The minimum atomic E-state index is -3.73. The number of carbonyl (C=O) groups is 1. The molecule has 98 valence electrons. The van der Waals surface area contributed by atoms with Crippen molar-refractivity contribution in [3.63, 3.8) is 0 Å². The molecule has 0 N–H and O–H groups in total. The van der Waals surface area contributed by atoms with E-state index in [1.807, 2.05) is 6.92 Å². The predicted octanol–water partition coefficient (Wildman–Crippen LogP) is 1.83. The Hall–Kier alpha value is -0.660. The summed E-state index contributed by atoms with van der Waals surface area (Å²) < 4.78 is 23.1. The fourth-order valence-electron chi connectivity index (χ4n) is 1.83. The Bertz CT molecular complexity index is 585. The van der Waals surface area contributed by atoms with E-state index in [2.05, 4.69) is 20.9 Å². The lowest BCUT2D eigenvalue weighted by atomic mass is 10.3. The van der Waals surface area contributed by atoms with E-state index < -0.39 is 14.3 Å². The summed E-state index contributed by atoms with van der Waals surface area (Å²) in [7, 11) is 1.56. The fourth-order valence-corrected chi connectivity index (χ4v) is 3.40. The number of carbonyl (C=O) groups excluding carboxylic acids is 1. The minimum absolute atomic E-state index is 0.0492. The molecule has 5 nitrogen and oxygen atoms in total. The molecule has 1 saturated heterocycles. The highest BCUT2D eigenvalue weighted by molar-refractivity contribution is 9.10. The van der Waals surface area contributed by atoms with Crippen molar-refractivity contribution in [2.75, 3.05) is 11.4 Å². The zero-order chi connectivity index (χ0) is 13.5. The summed E-state index contributed by atoms with van der Waals surface area (Å²) in [6.07, 6.45) is -0.0981. The Morgan fingerprint density at radius 2 is 2.17 bits per heavy atom. The molecule has 1 aromatic heterocycles. The van der Waals surface area contributed by atoms with Crippen molar-refractivity contribution < 1.29 is 13.2 Å². The van der Waals surface area contributed by atoms with E-state index in [-0.39, 0.29) is 18.9 Å². The zero-order valence-electron chi connectivity index (χ0n) is 9.43. The SMILES string of the molecule is Cc1cc(Br)nc(N2CC(S(=O)(=O)Cl)CC2=O)c1. The first-order valence-corrected chi connectivity index (χ1v) is 8.32. The van der Waals surface area contributed by atoms with Crippen LogP contribution >= 0.6 is 26.6 Å². The molecule has 8 heteroatoms. The third-order valence-corrected chi connectivity index (χ3v) is 4.96. The van der Waals surface area contributed by atoms with E-state index in [0.29, 0.717) is 10.4 Å². The molecule has 1 aliphatic rings. The van der Waals surface area contributed by atoms with Crippen LogP contribution in [0.5, 0.6) is 0 Å². The number of nitrogens with zero attached hydrogens (tertiary/aromatic N) is 2. The molecular formula is C10H10BrClN2O3S. The highest BCUT2D eigenvalue weighted by Gasteiger charge is 2.38. The summed E-state index contributed by atoms with van der Waals surface area (Å²) in [6, 6.07) is 3.53. The van der Waals surface area contributed by atoms with E-state index in [1.165, 1.54) is 4.90 Å². The standard InChI is InChI=1S/C10H10BrClN2O3S/c1-6-2-8(11)13-9(3-6)14-5-7(4-10(14)15)18(12,16)17/h2-3,7H,4-5H2,1H3. The average molecular weight is 354 g/mol. The lowest BCUT2D eigenvalue weighted by Crippen LogP contribution is -2.27. The largest absolute Gasteiger partial charge is 0.295 e. The van der Waals surface area contributed by atoms with E-state index in [1.54, 1.807) is 12.1 Å². The maximum atomic E-state index is 11.8. The molecule has 0 radical (unpaired) electrons. The third-order valence-electron chi connectivity index (χ3n) is 2.69. The molecule has 1 atom stereocenters. The monoisotopic (exact) mass is 352 g/mol. The number of aromatic nitrogens is 1. The predicted molar refractivity (Wildman–Crippen MR) is 72.2 cm³/mol. The number of pyridine rings is 1. The second-order valence-electron chi connectivity index (χ2n) is 4.13. The van der Waals surface area contributed by atoms with Gasteiger partial charge in [0, 0.05) is 23.6 Å². The first kappa shape index (κ1) is 13.8. The number of halogens is 2. The van der Waals surface area contributed by atoms with Crippen LogP contribution in [-0.4, -0.2) is 31.1 Å². The number of rotatable bonds is 2. The van der Waals surface area contributed by atoms with Gasteiger partial charge in [0.1, 0.15) is 15.7 Å². The lowest BCUT2D eigenvalue weighted by Gasteiger charge is -2.15. The number of hydrogen-bond donors (Lipinski definition) is 0. The van der Waals surface area contributed by atoms with Gasteiger partial charge in [0.2, 0.25) is 15.0 Å². The molecular weight excluding hydrogens is 344 g/mol. The van der Waals surface area contributed by atoms with Crippen LogP contribution in [0.2, 0.25) is 0 Å². The van der Waals surface area contributed by atoms with Crippen LogP contribution in [0.4, 0.5) is 5.82 Å². The van der Waals surface area contributed by atoms with Crippen molar-refractivity contribution in [1.29, 1.82) is 0 Å². The summed E-state index contributed by atoms with van der Waals surface area (Å²) in [5, 5.41) is -0.868. The lowest BCUT2D eigenvalue weighted by molar-refractivity contribution is -0.117. The van der Waals surface area contributed by atoms with Crippen molar-refractivity contribution >= 4 is 47.4 Å². The summed E-state index contributed by atoms with van der Waals surface area (Å²) in [4.78, 5) is 17.3. The Morgan fingerprint density at radius 3 is 2.67 bits per heavy atom. The Balaban J connectivity index is 2.32.